The Morgan fingerprint density at radius 3 is 1.33 bits per heavy atom. The SMILES string of the molecule is c1ccc(-c2cccc(-c3cc(-c4ccccc4)nc(-c4ccc(-c5ccc(-c6ccc(-c7c8ccccc8cc8c7ccc7ccccc78)cc6)cc5)cc4)n3)c2)cc1. The van der Waals surface area contributed by atoms with E-state index in [0.29, 0.717) is 5.82 Å². The molecule has 0 spiro atoms. The molecule has 0 unspecified atom stereocenters. The van der Waals surface area contributed by atoms with E-state index >= 15 is 0 Å². The quantitative estimate of drug-likeness (QED) is 0.119. The second-order valence-electron chi connectivity index (χ2n) is 15.4. The van der Waals surface area contributed by atoms with Crippen molar-refractivity contribution in [1.29, 1.82) is 0 Å². The highest BCUT2D eigenvalue weighted by atomic mass is 14.9. The van der Waals surface area contributed by atoms with Gasteiger partial charge in [0.1, 0.15) is 0 Å². The van der Waals surface area contributed by atoms with Gasteiger partial charge in [0, 0.05) is 16.7 Å². The van der Waals surface area contributed by atoms with Crippen LogP contribution in [0.2, 0.25) is 0 Å². The van der Waals surface area contributed by atoms with Crippen molar-refractivity contribution in [3.05, 3.63) is 231 Å². The molecule has 280 valence electrons. The van der Waals surface area contributed by atoms with Crippen molar-refractivity contribution in [1.82, 2.24) is 9.97 Å². The lowest BCUT2D eigenvalue weighted by atomic mass is 9.89. The van der Waals surface area contributed by atoms with E-state index in [1.807, 2.05) is 12.1 Å². The summed E-state index contributed by atoms with van der Waals surface area (Å²) in [6.45, 7) is 0. The lowest BCUT2D eigenvalue weighted by Gasteiger charge is -2.14. The van der Waals surface area contributed by atoms with E-state index in [0.717, 1.165) is 44.8 Å². The largest absolute Gasteiger partial charge is 0.228 e. The molecule has 0 bridgehead atoms. The molecule has 2 heteroatoms. The maximum absolute atomic E-state index is 5.14. The standard InChI is InChI=1S/C58H38N2/c1-3-12-39(13-4-1)48-18-11-19-50(36-48)56-38-55(45-15-5-2-6-16-45)59-58(60-56)47-32-28-43(29-33-47)41-24-22-40(23-25-41)42-26-30-46(31-27-42)57-52-21-10-8-17-49(52)37-54-51-20-9-7-14-44(51)34-35-53(54)57/h1-38H. The average Bonchev–Trinajstić information content (AvgIpc) is 3.34. The smallest absolute Gasteiger partial charge is 0.160 e. The summed E-state index contributed by atoms with van der Waals surface area (Å²) in [5.74, 6) is 0.701. The highest BCUT2D eigenvalue weighted by Crippen LogP contribution is 2.40. The fraction of sp³-hybridized carbons (Fsp3) is 0. The van der Waals surface area contributed by atoms with Gasteiger partial charge >= 0.3 is 0 Å². The molecule has 0 aliphatic heterocycles. The van der Waals surface area contributed by atoms with Gasteiger partial charge in [0.15, 0.2) is 5.82 Å². The van der Waals surface area contributed by atoms with Crippen molar-refractivity contribution in [2.24, 2.45) is 0 Å². The number of hydrogen-bond donors (Lipinski definition) is 0. The minimum atomic E-state index is 0.701. The molecule has 11 aromatic rings. The Balaban J connectivity index is 0.887. The summed E-state index contributed by atoms with van der Waals surface area (Å²) in [6.07, 6.45) is 0. The number of benzene rings is 10. The number of nitrogens with zero attached hydrogens (tertiary/aromatic N) is 2. The topological polar surface area (TPSA) is 25.8 Å². The molecule has 0 radical (unpaired) electrons. The third-order valence-corrected chi connectivity index (χ3v) is 11.7. The van der Waals surface area contributed by atoms with E-state index in [9.17, 15) is 0 Å². The Hall–Kier alpha value is -7.94. The van der Waals surface area contributed by atoms with Crippen molar-refractivity contribution < 1.29 is 0 Å². The summed E-state index contributed by atoms with van der Waals surface area (Å²) < 4.78 is 0. The van der Waals surface area contributed by atoms with Crippen LogP contribution >= 0.6 is 0 Å². The van der Waals surface area contributed by atoms with Gasteiger partial charge in [-0.05, 0) is 95.0 Å². The maximum atomic E-state index is 5.14. The van der Waals surface area contributed by atoms with Crippen LogP contribution in [0.3, 0.4) is 0 Å². The van der Waals surface area contributed by atoms with Gasteiger partial charge in [-0.25, -0.2) is 9.97 Å². The van der Waals surface area contributed by atoms with Crippen LogP contribution in [0.1, 0.15) is 0 Å². The Morgan fingerprint density at radius 1 is 0.217 bits per heavy atom. The zero-order valence-corrected chi connectivity index (χ0v) is 32.8. The predicted molar refractivity (Wildman–Crippen MR) is 253 cm³/mol. The van der Waals surface area contributed by atoms with Crippen LogP contribution < -0.4 is 0 Å². The predicted octanol–water partition coefficient (Wildman–Crippen LogP) is 15.6. The van der Waals surface area contributed by atoms with Gasteiger partial charge in [0.05, 0.1) is 11.4 Å². The lowest BCUT2D eigenvalue weighted by molar-refractivity contribution is 1.18. The molecule has 0 amide bonds. The molecule has 0 N–H and O–H groups in total. The first-order chi connectivity index (χ1) is 29.7. The molecule has 10 aromatic carbocycles. The first kappa shape index (κ1) is 35.2. The number of rotatable bonds is 7. The average molecular weight is 763 g/mol. The summed E-state index contributed by atoms with van der Waals surface area (Å²) in [5.41, 5.74) is 14.4. The van der Waals surface area contributed by atoms with E-state index in [2.05, 4.69) is 218 Å². The zero-order valence-electron chi connectivity index (χ0n) is 32.8. The van der Waals surface area contributed by atoms with Crippen molar-refractivity contribution >= 4 is 32.3 Å². The molecular weight excluding hydrogens is 725 g/mol. The second-order valence-corrected chi connectivity index (χ2v) is 15.4. The molecule has 2 nitrogen and oxygen atoms in total. The molecule has 0 saturated heterocycles. The number of hydrogen-bond acceptors (Lipinski definition) is 2. The van der Waals surface area contributed by atoms with E-state index in [4.69, 9.17) is 9.97 Å². The first-order valence-electron chi connectivity index (χ1n) is 20.5. The molecular formula is C58H38N2. The van der Waals surface area contributed by atoms with Crippen molar-refractivity contribution in [2.75, 3.05) is 0 Å². The fourth-order valence-corrected chi connectivity index (χ4v) is 8.60. The van der Waals surface area contributed by atoms with Gasteiger partial charge < -0.3 is 0 Å². The Labute approximate surface area is 349 Å². The van der Waals surface area contributed by atoms with Crippen LogP contribution in [0, 0.1) is 0 Å². The normalized spacial score (nSPS) is 11.3. The molecule has 1 aromatic heterocycles. The molecule has 0 saturated carbocycles. The van der Waals surface area contributed by atoms with Gasteiger partial charge in [-0.1, -0.05) is 212 Å². The minimum Gasteiger partial charge on any atom is -0.228 e. The Kier molecular flexibility index (Phi) is 8.87. The number of aromatic nitrogens is 2. The van der Waals surface area contributed by atoms with Crippen LogP contribution in [0.4, 0.5) is 0 Å². The minimum absolute atomic E-state index is 0.701. The molecule has 0 fully saturated rings. The van der Waals surface area contributed by atoms with E-state index < -0.39 is 0 Å². The monoisotopic (exact) mass is 762 g/mol. The van der Waals surface area contributed by atoms with Gasteiger partial charge in [-0.2, -0.15) is 0 Å². The second kappa shape index (κ2) is 15.1. The third kappa shape index (κ3) is 6.61. The van der Waals surface area contributed by atoms with Gasteiger partial charge in [-0.3, -0.25) is 0 Å². The summed E-state index contributed by atoms with van der Waals surface area (Å²) in [6, 6.07) is 82.4. The van der Waals surface area contributed by atoms with Gasteiger partial charge in [-0.15, -0.1) is 0 Å². The molecule has 60 heavy (non-hydrogen) atoms. The maximum Gasteiger partial charge on any atom is 0.160 e. The molecule has 11 rings (SSSR count). The summed E-state index contributed by atoms with van der Waals surface area (Å²) in [5, 5.41) is 7.64. The lowest BCUT2D eigenvalue weighted by Crippen LogP contribution is -1.96. The summed E-state index contributed by atoms with van der Waals surface area (Å²) in [7, 11) is 0. The van der Waals surface area contributed by atoms with Crippen LogP contribution in [0.25, 0.3) is 111 Å². The fourth-order valence-electron chi connectivity index (χ4n) is 8.60. The molecule has 0 aliphatic carbocycles. The first-order valence-corrected chi connectivity index (χ1v) is 20.5. The summed E-state index contributed by atoms with van der Waals surface area (Å²) in [4.78, 5) is 10.2. The van der Waals surface area contributed by atoms with Gasteiger partial charge in [0.25, 0.3) is 0 Å². The molecule has 0 aliphatic rings. The zero-order chi connectivity index (χ0) is 39.8. The van der Waals surface area contributed by atoms with Crippen molar-refractivity contribution in [3.63, 3.8) is 0 Å². The third-order valence-electron chi connectivity index (χ3n) is 11.7. The Morgan fingerprint density at radius 2 is 0.683 bits per heavy atom. The molecule has 1 heterocycles. The van der Waals surface area contributed by atoms with E-state index in [1.165, 1.54) is 60.1 Å². The van der Waals surface area contributed by atoms with Gasteiger partial charge in [0.2, 0.25) is 0 Å². The Bertz CT molecular complexity index is 3320. The number of fused-ring (bicyclic) bond motifs is 4. The van der Waals surface area contributed by atoms with Crippen LogP contribution in [-0.2, 0) is 0 Å². The summed E-state index contributed by atoms with van der Waals surface area (Å²) >= 11 is 0. The van der Waals surface area contributed by atoms with E-state index in [-0.39, 0.29) is 0 Å². The highest BCUT2D eigenvalue weighted by Gasteiger charge is 2.14. The van der Waals surface area contributed by atoms with Crippen molar-refractivity contribution in [2.45, 2.75) is 0 Å². The highest BCUT2D eigenvalue weighted by molar-refractivity contribution is 6.20. The van der Waals surface area contributed by atoms with Crippen LogP contribution in [-0.4, -0.2) is 9.97 Å². The molecule has 0 atom stereocenters. The van der Waals surface area contributed by atoms with Crippen LogP contribution in [0.5, 0.6) is 0 Å². The van der Waals surface area contributed by atoms with Crippen molar-refractivity contribution in [3.8, 4) is 78.4 Å². The van der Waals surface area contributed by atoms with E-state index in [1.54, 1.807) is 0 Å². The van der Waals surface area contributed by atoms with Crippen LogP contribution in [0.15, 0.2) is 231 Å².